The van der Waals surface area contributed by atoms with E-state index in [0.29, 0.717) is 12.4 Å². The van der Waals surface area contributed by atoms with Gasteiger partial charge in [0.25, 0.3) is 0 Å². The normalized spacial score (nSPS) is 10.3. The van der Waals surface area contributed by atoms with E-state index in [9.17, 15) is 10.1 Å². The van der Waals surface area contributed by atoms with Gasteiger partial charge in [0.1, 0.15) is 0 Å². The van der Waals surface area contributed by atoms with E-state index in [-0.39, 0.29) is 5.69 Å². The highest BCUT2D eigenvalue weighted by molar-refractivity contribution is 7.98. The number of hydrogen-bond donors (Lipinski definition) is 0. The first kappa shape index (κ1) is 14.3. The molecule has 0 aliphatic heterocycles. The zero-order chi connectivity index (χ0) is 14.5. The van der Waals surface area contributed by atoms with E-state index in [1.54, 1.807) is 36.0 Å². The maximum absolute atomic E-state index is 11.0. The highest BCUT2D eigenvalue weighted by Gasteiger charge is 2.17. The molecule has 0 atom stereocenters. The number of hydrogen-bond acceptors (Lipinski definition) is 5. The molecule has 6 heteroatoms. The molecule has 5 nitrogen and oxygen atoms in total. The van der Waals surface area contributed by atoms with Crippen molar-refractivity contribution in [3.8, 4) is 0 Å². The number of benzene rings is 1. The van der Waals surface area contributed by atoms with Crippen LogP contribution in [0.15, 0.2) is 47.5 Å². The minimum Gasteiger partial charge on any atom is -0.350 e. The van der Waals surface area contributed by atoms with Gasteiger partial charge in [0.2, 0.25) is 5.82 Å². The van der Waals surface area contributed by atoms with E-state index in [1.807, 2.05) is 30.5 Å². The zero-order valence-electron chi connectivity index (χ0n) is 11.3. The van der Waals surface area contributed by atoms with Crippen molar-refractivity contribution in [2.45, 2.75) is 11.4 Å². The Morgan fingerprint density at radius 1 is 1.30 bits per heavy atom. The average molecular weight is 289 g/mol. The lowest BCUT2D eigenvalue weighted by molar-refractivity contribution is -0.384. The monoisotopic (exact) mass is 289 g/mol. The first-order valence-electron chi connectivity index (χ1n) is 6.05. The molecule has 1 heterocycles. The Kier molecular flexibility index (Phi) is 4.57. The van der Waals surface area contributed by atoms with Crippen LogP contribution in [-0.4, -0.2) is 23.2 Å². The lowest BCUT2D eigenvalue weighted by atomic mass is 10.2. The number of pyridine rings is 1. The Hall–Kier alpha value is -2.08. The Labute approximate surface area is 121 Å². The second kappa shape index (κ2) is 6.38. The topological polar surface area (TPSA) is 59.3 Å². The SMILES string of the molecule is CSc1ccc(CN(C)c2ncccc2[N+](=O)[O-])cc1. The van der Waals surface area contributed by atoms with Crippen molar-refractivity contribution in [3.05, 3.63) is 58.3 Å². The van der Waals surface area contributed by atoms with Crippen LogP contribution in [0.3, 0.4) is 0 Å². The molecule has 0 radical (unpaired) electrons. The summed E-state index contributed by atoms with van der Waals surface area (Å²) in [5, 5.41) is 11.0. The lowest BCUT2D eigenvalue weighted by Crippen LogP contribution is -2.18. The number of rotatable bonds is 5. The number of thioether (sulfide) groups is 1. The van der Waals surface area contributed by atoms with E-state index < -0.39 is 4.92 Å². The van der Waals surface area contributed by atoms with Crippen LogP contribution in [0.2, 0.25) is 0 Å². The van der Waals surface area contributed by atoms with Gasteiger partial charge in [0, 0.05) is 30.8 Å². The van der Waals surface area contributed by atoms with E-state index >= 15 is 0 Å². The van der Waals surface area contributed by atoms with Crippen molar-refractivity contribution >= 4 is 23.3 Å². The van der Waals surface area contributed by atoms with Crippen LogP contribution in [0.1, 0.15) is 5.56 Å². The standard InChI is InChI=1S/C14H15N3O2S/c1-16(10-11-5-7-12(20-2)8-6-11)14-13(17(18)19)4-3-9-15-14/h3-9H,10H2,1-2H3. The molecular weight excluding hydrogens is 274 g/mol. The third kappa shape index (κ3) is 3.27. The first-order valence-corrected chi connectivity index (χ1v) is 7.27. The van der Waals surface area contributed by atoms with Crippen LogP contribution < -0.4 is 4.90 Å². The van der Waals surface area contributed by atoms with E-state index in [2.05, 4.69) is 4.98 Å². The molecule has 0 saturated carbocycles. The number of nitrogens with zero attached hydrogens (tertiary/aromatic N) is 3. The van der Waals surface area contributed by atoms with Crippen LogP contribution in [0.5, 0.6) is 0 Å². The van der Waals surface area contributed by atoms with Crippen LogP contribution >= 0.6 is 11.8 Å². The van der Waals surface area contributed by atoms with Crippen LogP contribution in [0.25, 0.3) is 0 Å². The zero-order valence-corrected chi connectivity index (χ0v) is 12.1. The van der Waals surface area contributed by atoms with E-state index in [0.717, 1.165) is 5.56 Å². The number of anilines is 1. The second-order valence-corrected chi connectivity index (χ2v) is 5.19. The summed E-state index contributed by atoms with van der Waals surface area (Å²) in [5.41, 5.74) is 1.11. The van der Waals surface area contributed by atoms with Gasteiger partial charge in [-0.25, -0.2) is 4.98 Å². The minimum atomic E-state index is -0.407. The summed E-state index contributed by atoms with van der Waals surface area (Å²) in [6.07, 6.45) is 3.59. The van der Waals surface area contributed by atoms with Crippen molar-refractivity contribution in [1.29, 1.82) is 0 Å². The summed E-state index contributed by atoms with van der Waals surface area (Å²) in [6, 6.07) is 11.2. The van der Waals surface area contributed by atoms with Gasteiger partial charge in [-0.05, 0) is 30.0 Å². The number of aromatic nitrogens is 1. The van der Waals surface area contributed by atoms with Crippen molar-refractivity contribution in [3.63, 3.8) is 0 Å². The van der Waals surface area contributed by atoms with Crippen molar-refractivity contribution in [2.24, 2.45) is 0 Å². The predicted octanol–water partition coefficient (Wildman–Crippen LogP) is 3.35. The molecule has 0 fully saturated rings. The smallest absolute Gasteiger partial charge is 0.311 e. The maximum Gasteiger partial charge on any atom is 0.311 e. The molecule has 0 aliphatic rings. The fourth-order valence-corrected chi connectivity index (χ4v) is 2.31. The van der Waals surface area contributed by atoms with Crippen LogP contribution in [-0.2, 0) is 6.54 Å². The Bertz CT molecular complexity index is 602. The van der Waals surface area contributed by atoms with Gasteiger partial charge in [-0.3, -0.25) is 10.1 Å². The van der Waals surface area contributed by atoms with Gasteiger partial charge in [-0.2, -0.15) is 0 Å². The molecule has 20 heavy (non-hydrogen) atoms. The van der Waals surface area contributed by atoms with Gasteiger partial charge in [-0.1, -0.05) is 12.1 Å². The van der Waals surface area contributed by atoms with Gasteiger partial charge in [0.05, 0.1) is 4.92 Å². The molecule has 0 unspecified atom stereocenters. The molecule has 2 aromatic rings. The average Bonchev–Trinajstić information content (AvgIpc) is 2.48. The molecule has 1 aromatic heterocycles. The predicted molar refractivity (Wildman–Crippen MR) is 81.2 cm³/mol. The fourth-order valence-electron chi connectivity index (χ4n) is 1.90. The second-order valence-electron chi connectivity index (χ2n) is 4.31. The highest BCUT2D eigenvalue weighted by Crippen LogP contribution is 2.25. The largest absolute Gasteiger partial charge is 0.350 e. The van der Waals surface area contributed by atoms with Crippen LogP contribution in [0, 0.1) is 10.1 Å². The fraction of sp³-hybridized carbons (Fsp3) is 0.214. The number of nitro groups is 1. The quantitative estimate of drug-likeness (QED) is 0.480. The molecule has 0 saturated heterocycles. The van der Waals surface area contributed by atoms with E-state index in [4.69, 9.17) is 0 Å². The van der Waals surface area contributed by atoms with Gasteiger partial charge >= 0.3 is 5.69 Å². The summed E-state index contributed by atoms with van der Waals surface area (Å²) in [6.45, 7) is 0.576. The molecule has 104 valence electrons. The van der Waals surface area contributed by atoms with Gasteiger partial charge in [-0.15, -0.1) is 11.8 Å². The Morgan fingerprint density at radius 2 is 2.00 bits per heavy atom. The van der Waals surface area contributed by atoms with Crippen molar-refractivity contribution < 1.29 is 4.92 Å². The minimum absolute atomic E-state index is 0.0238. The van der Waals surface area contributed by atoms with Crippen molar-refractivity contribution in [1.82, 2.24) is 4.98 Å². The molecule has 0 aliphatic carbocycles. The first-order chi connectivity index (χ1) is 9.61. The lowest BCUT2D eigenvalue weighted by Gasteiger charge is -2.18. The summed E-state index contributed by atoms with van der Waals surface area (Å²) in [5.74, 6) is 0.381. The van der Waals surface area contributed by atoms with Gasteiger partial charge in [0.15, 0.2) is 0 Å². The Morgan fingerprint density at radius 3 is 2.60 bits per heavy atom. The molecular formula is C14H15N3O2S. The highest BCUT2D eigenvalue weighted by atomic mass is 32.2. The summed E-state index contributed by atoms with van der Waals surface area (Å²) in [4.78, 5) is 17.7. The molecule has 0 amide bonds. The molecule has 1 aromatic carbocycles. The summed E-state index contributed by atoms with van der Waals surface area (Å²) >= 11 is 1.68. The summed E-state index contributed by atoms with van der Waals surface area (Å²) < 4.78 is 0. The molecule has 0 spiro atoms. The molecule has 0 N–H and O–H groups in total. The van der Waals surface area contributed by atoms with Gasteiger partial charge < -0.3 is 4.90 Å². The van der Waals surface area contributed by atoms with E-state index in [1.165, 1.54) is 11.0 Å². The third-order valence-electron chi connectivity index (χ3n) is 2.90. The maximum atomic E-state index is 11.0. The molecule has 0 bridgehead atoms. The summed E-state index contributed by atoms with van der Waals surface area (Å²) in [7, 11) is 1.80. The van der Waals surface area contributed by atoms with Crippen LogP contribution in [0.4, 0.5) is 11.5 Å². The third-order valence-corrected chi connectivity index (χ3v) is 3.65. The Balaban J connectivity index is 2.19. The van der Waals surface area contributed by atoms with Crippen molar-refractivity contribution in [2.75, 3.05) is 18.2 Å². The molecule has 2 rings (SSSR count).